The predicted molar refractivity (Wildman–Crippen MR) is 177 cm³/mol. The number of amides is 4. The maximum absolute atomic E-state index is 14.9. The van der Waals surface area contributed by atoms with Gasteiger partial charge >= 0.3 is 0 Å². The van der Waals surface area contributed by atoms with Gasteiger partial charge in [-0.3, -0.25) is 33.8 Å². The summed E-state index contributed by atoms with van der Waals surface area (Å²) in [5.41, 5.74) is 14.8. The molecule has 1 spiro atoms. The Bertz CT molecular complexity index is 1460. The largest absolute Gasteiger partial charge is 0.370 e. The van der Waals surface area contributed by atoms with Crippen molar-refractivity contribution in [3.05, 3.63) is 35.9 Å². The first-order valence-electron chi connectivity index (χ1n) is 17.0. The number of fused-ring (bicyclic) bond motifs is 2. The highest BCUT2D eigenvalue weighted by molar-refractivity contribution is 6.05. The maximum atomic E-state index is 14.9. The molecule has 14 heteroatoms. The van der Waals surface area contributed by atoms with Gasteiger partial charge in [-0.25, -0.2) is 0 Å². The van der Waals surface area contributed by atoms with E-state index in [0.29, 0.717) is 12.8 Å². The van der Waals surface area contributed by atoms with Crippen LogP contribution in [0.2, 0.25) is 0 Å². The van der Waals surface area contributed by atoms with Crippen LogP contribution in [0, 0.1) is 22.7 Å². The van der Waals surface area contributed by atoms with E-state index in [1.54, 1.807) is 0 Å². The van der Waals surface area contributed by atoms with Gasteiger partial charge in [0.05, 0.1) is 23.9 Å². The zero-order valence-electron chi connectivity index (χ0n) is 27.5. The smallest absolute Gasteiger partial charge is 0.240 e. The van der Waals surface area contributed by atoms with E-state index in [2.05, 4.69) is 26.3 Å². The topological polar surface area (TPSA) is 241 Å². The lowest BCUT2D eigenvalue weighted by Crippen LogP contribution is -2.67. The number of carbonyl (C=O) groups is 6. The van der Waals surface area contributed by atoms with E-state index in [-0.39, 0.29) is 75.0 Å². The molecular formula is C34H48N8O6. The van der Waals surface area contributed by atoms with Crippen LogP contribution in [0.1, 0.15) is 70.3 Å². The molecule has 260 valence electrons. The number of benzene rings is 1. The zero-order chi connectivity index (χ0) is 34.6. The van der Waals surface area contributed by atoms with Gasteiger partial charge in [-0.15, -0.1) is 0 Å². The molecule has 3 heterocycles. The average Bonchev–Trinajstić information content (AvgIpc) is 3.15. The Balaban J connectivity index is 1.54. The Morgan fingerprint density at radius 3 is 2.23 bits per heavy atom. The molecule has 5 rings (SSSR count). The van der Waals surface area contributed by atoms with Gasteiger partial charge in [0.25, 0.3) is 0 Å². The van der Waals surface area contributed by atoms with E-state index in [1.807, 2.05) is 37.3 Å². The molecule has 4 aliphatic rings. The molecule has 1 aliphatic carbocycles. The molecule has 4 fully saturated rings. The standard InChI is InChI=1S/C34H48N8O6/c1-2-3-11-22-31(48)42-25(18-39-22)27(44)34-13-12-33(17-24(28(35)45)41-29(46)20(33)10-7-14-38-32(36)37)26(43)23(16-34)40-30(47)21(34)15-19-8-5-4-6-9-19/h4-6,8-9,20-25,39H,2-3,7,10-18H2,1H3,(H2,35,45)(H,40,47)(H,41,46)(H,42,48)(H4,36,37,38)/t20-,21-,22+,23-,24-,25-,33?,34?/m1/s1. The lowest BCUT2D eigenvalue weighted by atomic mass is 9.59. The highest BCUT2D eigenvalue weighted by atomic mass is 16.2. The number of guanidine groups is 1. The number of ketones is 2. The number of carbonyl (C=O) groups excluding carboxylic acids is 6. The van der Waals surface area contributed by atoms with Crippen molar-refractivity contribution in [3.63, 3.8) is 0 Å². The Hall–Kier alpha value is -4.33. The minimum atomic E-state index is -1.39. The first-order chi connectivity index (χ1) is 22.9. The number of primary amides is 1. The molecule has 2 bridgehead atoms. The molecule has 1 saturated carbocycles. The van der Waals surface area contributed by atoms with E-state index in [4.69, 9.17) is 17.2 Å². The summed E-state index contributed by atoms with van der Waals surface area (Å²) >= 11 is 0. The Kier molecular flexibility index (Phi) is 10.5. The molecule has 1 aromatic rings. The van der Waals surface area contributed by atoms with Crippen molar-refractivity contribution in [1.29, 1.82) is 0 Å². The second kappa shape index (κ2) is 14.4. The number of piperazine rings is 1. The lowest BCUT2D eigenvalue weighted by Gasteiger charge is -2.46. The van der Waals surface area contributed by atoms with Gasteiger partial charge in [0.15, 0.2) is 17.5 Å². The number of hydrogen-bond donors (Lipinski definition) is 7. The third-order valence-corrected chi connectivity index (χ3v) is 11.0. The minimum Gasteiger partial charge on any atom is -0.370 e. The monoisotopic (exact) mass is 664 g/mol. The third-order valence-electron chi connectivity index (χ3n) is 11.0. The molecule has 2 unspecified atom stereocenters. The molecule has 14 nitrogen and oxygen atoms in total. The van der Waals surface area contributed by atoms with Gasteiger partial charge in [-0.05, 0) is 56.9 Å². The Morgan fingerprint density at radius 2 is 1.56 bits per heavy atom. The van der Waals surface area contributed by atoms with E-state index in [0.717, 1.165) is 18.4 Å². The maximum Gasteiger partial charge on any atom is 0.240 e. The number of aliphatic imine (C=N–C) groups is 1. The summed E-state index contributed by atoms with van der Waals surface area (Å²) in [6.45, 7) is 2.47. The summed E-state index contributed by atoms with van der Waals surface area (Å²) < 4.78 is 0. The van der Waals surface area contributed by atoms with Crippen molar-refractivity contribution in [1.82, 2.24) is 21.3 Å². The van der Waals surface area contributed by atoms with E-state index in [1.165, 1.54) is 0 Å². The molecule has 8 atom stereocenters. The van der Waals surface area contributed by atoms with Crippen LogP contribution in [-0.4, -0.2) is 78.4 Å². The van der Waals surface area contributed by atoms with E-state index < -0.39 is 64.6 Å². The van der Waals surface area contributed by atoms with Crippen molar-refractivity contribution in [2.45, 2.75) is 95.3 Å². The average molecular weight is 665 g/mol. The summed E-state index contributed by atoms with van der Waals surface area (Å²) in [5, 5.41) is 11.8. The molecule has 3 aliphatic heterocycles. The summed E-state index contributed by atoms with van der Waals surface area (Å²) in [7, 11) is 0. The number of hydrogen-bond acceptors (Lipinski definition) is 8. The van der Waals surface area contributed by atoms with Crippen LogP contribution in [0.5, 0.6) is 0 Å². The normalized spacial score (nSPS) is 33.2. The van der Waals surface area contributed by atoms with Gasteiger partial charge in [-0.2, -0.15) is 0 Å². The minimum absolute atomic E-state index is 0.0187. The second-order valence-electron chi connectivity index (χ2n) is 13.9. The molecular weight excluding hydrogens is 616 g/mol. The quantitative estimate of drug-likeness (QED) is 0.0850. The SMILES string of the molecule is CCCC[C@@H]1NC[C@H](C(=O)C23CCC4(C[C@H](C(N)=O)NC(=O)[C@H]4CCCN=C(N)N)C(=O)[C@@H](C2)NC(=O)[C@H]3Cc2ccccc2)NC1=O. The fourth-order valence-corrected chi connectivity index (χ4v) is 8.50. The molecule has 0 aromatic heterocycles. The van der Waals surface area contributed by atoms with Gasteiger partial charge < -0.3 is 38.5 Å². The molecule has 10 N–H and O–H groups in total. The van der Waals surface area contributed by atoms with Crippen LogP contribution in [-0.2, 0) is 35.2 Å². The van der Waals surface area contributed by atoms with Gasteiger partial charge in [0.2, 0.25) is 23.6 Å². The Labute approximate surface area is 280 Å². The summed E-state index contributed by atoms with van der Waals surface area (Å²) in [6, 6.07) is 5.85. The molecule has 3 saturated heterocycles. The van der Waals surface area contributed by atoms with Gasteiger partial charge in [0, 0.05) is 23.9 Å². The van der Waals surface area contributed by atoms with Crippen molar-refractivity contribution in [2.75, 3.05) is 13.1 Å². The summed E-state index contributed by atoms with van der Waals surface area (Å²) in [6.07, 6.45) is 3.41. The van der Waals surface area contributed by atoms with Crippen LogP contribution in [0.15, 0.2) is 35.3 Å². The molecule has 1 aromatic carbocycles. The summed E-state index contributed by atoms with van der Waals surface area (Å²) in [4.78, 5) is 87.0. The third kappa shape index (κ3) is 6.80. The highest BCUT2D eigenvalue weighted by Gasteiger charge is 2.64. The highest BCUT2D eigenvalue weighted by Crippen LogP contribution is 2.55. The van der Waals surface area contributed by atoms with E-state index >= 15 is 0 Å². The van der Waals surface area contributed by atoms with E-state index in [9.17, 15) is 28.8 Å². The number of piperidine rings is 2. The number of nitrogens with zero attached hydrogens (tertiary/aromatic N) is 1. The van der Waals surface area contributed by atoms with Crippen LogP contribution < -0.4 is 38.5 Å². The predicted octanol–water partition coefficient (Wildman–Crippen LogP) is -0.671. The van der Waals surface area contributed by atoms with Crippen molar-refractivity contribution in [2.24, 2.45) is 44.9 Å². The number of nitrogens with one attached hydrogen (secondary N) is 4. The first kappa shape index (κ1) is 35.0. The molecule has 0 radical (unpaired) electrons. The van der Waals surface area contributed by atoms with Crippen LogP contribution in [0.4, 0.5) is 0 Å². The molecule has 48 heavy (non-hydrogen) atoms. The van der Waals surface area contributed by atoms with Gasteiger partial charge in [0.1, 0.15) is 12.1 Å². The zero-order valence-corrected chi connectivity index (χ0v) is 27.5. The van der Waals surface area contributed by atoms with Crippen LogP contribution in [0.3, 0.4) is 0 Å². The van der Waals surface area contributed by atoms with Crippen molar-refractivity contribution >= 4 is 41.2 Å². The fraction of sp³-hybridized carbons (Fsp3) is 0.618. The first-order valence-corrected chi connectivity index (χ1v) is 17.0. The fourth-order valence-electron chi connectivity index (χ4n) is 8.50. The molecule has 4 amide bonds. The second-order valence-corrected chi connectivity index (χ2v) is 13.9. The van der Waals surface area contributed by atoms with Crippen LogP contribution in [0.25, 0.3) is 0 Å². The lowest BCUT2D eigenvalue weighted by molar-refractivity contribution is -0.153. The van der Waals surface area contributed by atoms with Crippen molar-refractivity contribution in [3.8, 4) is 0 Å². The van der Waals surface area contributed by atoms with Crippen molar-refractivity contribution < 1.29 is 28.8 Å². The number of rotatable bonds is 12. The Morgan fingerprint density at radius 1 is 0.854 bits per heavy atom. The number of unbranched alkanes of at least 4 members (excludes halogenated alkanes) is 1. The van der Waals surface area contributed by atoms with Crippen LogP contribution >= 0.6 is 0 Å². The van der Waals surface area contributed by atoms with Gasteiger partial charge in [-0.1, -0.05) is 50.1 Å². The number of nitrogens with two attached hydrogens (primary N) is 3. The number of Topliss-reactive ketones (excluding diaryl/α,β-unsaturated/α-hetero) is 2. The summed E-state index contributed by atoms with van der Waals surface area (Å²) in [5.74, 6) is -4.47.